The summed E-state index contributed by atoms with van der Waals surface area (Å²) in [7, 11) is 0. The fourth-order valence-corrected chi connectivity index (χ4v) is 2.60. The van der Waals surface area contributed by atoms with Crippen molar-refractivity contribution in [3.8, 4) is 0 Å². The highest BCUT2D eigenvalue weighted by atomic mass is 79.9. The molecule has 1 aromatic carbocycles. The maximum Gasteiger partial charge on any atom is 0.0445 e. The summed E-state index contributed by atoms with van der Waals surface area (Å²) in [6.45, 7) is 6.13. The second kappa shape index (κ2) is 8.31. The van der Waals surface area contributed by atoms with Gasteiger partial charge in [0.05, 0.1) is 0 Å². The van der Waals surface area contributed by atoms with Crippen LogP contribution in [0.25, 0.3) is 0 Å². The molecular weight excluding hydrogens is 356 g/mol. The van der Waals surface area contributed by atoms with Crippen LogP contribution in [0, 0.1) is 5.92 Å². The van der Waals surface area contributed by atoms with E-state index in [1.54, 1.807) is 0 Å². The first-order valence-electron chi connectivity index (χ1n) is 6.50. The molecule has 0 heterocycles. The molecule has 1 unspecified atom stereocenters. The number of nitrogens with two attached hydrogens (primary N) is 1. The molecule has 0 fully saturated rings. The molecule has 0 radical (unpaired) electrons. The van der Waals surface area contributed by atoms with Crippen molar-refractivity contribution in [2.45, 2.75) is 32.7 Å². The Bertz CT molecular complexity index is 365. The SMILES string of the molecule is CCC(CC)CNC(CN)c1ccc(Br)c(Br)c1. The Morgan fingerprint density at radius 1 is 1.17 bits per heavy atom. The van der Waals surface area contributed by atoms with Crippen LogP contribution in [0.15, 0.2) is 27.1 Å². The lowest BCUT2D eigenvalue weighted by Crippen LogP contribution is -2.32. The van der Waals surface area contributed by atoms with Crippen molar-refractivity contribution in [3.05, 3.63) is 32.7 Å². The molecule has 0 amide bonds. The van der Waals surface area contributed by atoms with Crippen LogP contribution in [0.4, 0.5) is 0 Å². The second-order valence-corrected chi connectivity index (χ2v) is 6.26. The summed E-state index contributed by atoms with van der Waals surface area (Å²) in [6, 6.07) is 6.53. The normalized spacial score (nSPS) is 13.0. The number of rotatable bonds is 7. The van der Waals surface area contributed by atoms with Gasteiger partial charge < -0.3 is 11.1 Å². The summed E-state index contributed by atoms with van der Waals surface area (Å²) in [5.41, 5.74) is 7.11. The van der Waals surface area contributed by atoms with Crippen molar-refractivity contribution in [2.75, 3.05) is 13.1 Å². The predicted octanol–water partition coefficient (Wildman–Crippen LogP) is 4.24. The van der Waals surface area contributed by atoms with Crippen molar-refractivity contribution < 1.29 is 0 Å². The van der Waals surface area contributed by atoms with E-state index in [9.17, 15) is 0 Å². The molecule has 0 aliphatic heterocycles. The number of hydrogen-bond acceptors (Lipinski definition) is 2. The van der Waals surface area contributed by atoms with Gasteiger partial charge in [0.25, 0.3) is 0 Å². The minimum atomic E-state index is 0.231. The minimum Gasteiger partial charge on any atom is -0.329 e. The van der Waals surface area contributed by atoms with E-state index in [1.165, 1.54) is 18.4 Å². The molecule has 1 rings (SSSR count). The fourth-order valence-electron chi connectivity index (χ4n) is 1.95. The van der Waals surface area contributed by atoms with Crippen molar-refractivity contribution in [1.29, 1.82) is 0 Å². The van der Waals surface area contributed by atoms with Crippen LogP contribution in [-0.4, -0.2) is 13.1 Å². The maximum absolute atomic E-state index is 5.87. The Balaban J connectivity index is 2.67. The third-order valence-electron chi connectivity index (χ3n) is 3.39. The Hall–Kier alpha value is 0.1000. The van der Waals surface area contributed by atoms with E-state index in [2.05, 4.69) is 69.2 Å². The molecule has 1 aromatic rings. The maximum atomic E-state index is 5.87. The Kier molecular flexibility index (Phi) is 7.46. The van der Waals surface area contributed by atoms with Crippen molar-refractivity contribution in [3.63, 3.8) is 0 Å². The predicted molar refractivity (Wildman–Crippen MR) is 85.7 cm³/mol. The zero-order valence-corrected chi connectivity index (χ0v) is 14.2. The molecule has 1 atom stereocenters. The Morgan fingerprint density at radius 3 is 2.33 bits per heavy atom. The van der Waals surface area contributed by atoms with Crippen LogP contribution < -0.4 is 11.1 Å². The summed E-state index contributed by atoms with van der Waals surface area (Å²) in [4.78, 5) is 0. The van der Waals surface area contributed by atoms with Crippen molar-refractivity contribution >= 4 is 31.9 Å². The molecule has 0 saturated heterocycles. The standard InChI is InChI=1S/C14H22Br2N2/c1-3-10(4-2)9-18-14(8-17)11-5-6-12(15)13(16)7-11/h5-7,10,14,18H,3-4,8-9,17H2,1-2H3. The van der Waals surface area contributed by atoms with E-state index in [-0.39, 0.29) is 6.04 Å². The van der Waals surface area contributed by atoms with E-state index in [0.29, 0.717) is 6.54 Å². The molecule has 0 bridgehead atoms. The average molecular weight is 378 g/mol. The van der Waals surface area contributed by atoms with Crippen LogP contribution in [0.2, 0.25) is 0 Å². The lowest BCUT2D eigenvalue weighted by molar-refractivity contribution is 0.414. The topological polar surface area (TPSA) is 38.0 Å². The van der Waals surface area contributed by atoms with E-state index in [1.807, 2.05) is 0 Å². The van der Waals surface area contributed by atoms with E-state index in [0.717, 1.165) is 21.4 Å². The fraction of sp³-hybridized carbons (Fsp3) is 0.571. The molecule has 3 N–H and O–H groups in total. The number of nitrogens with one attached hydrogen (secondary N) is 1. The van der Waals surface area contributed by atoms with Gasteiger partial charge in [0.15, 0.2) is 0 Å². The van der Waals surface area contributed by atoms with Gasteiger partial charge in [-0.05, 0) is 62.0 Å². The molecule has 102 valence electrons. The molecule has 2 nitrogen and oxygen atoms in total. The summed E-state index contributed by atoms with van der Waals surface area (Å²) in [5.74, 6) is 0.734. The van der Waals surface area contributed by atoms with Crippen LogP contribution in [0.5, 0.6) is 0 Å². The molecule has 0 spiro atoms. The highest BCUT2D eigenvalue weighted by molar-refractivity contribution is 9.13. The highest BCUT2D eigenvalue weighted by Gasteiger charge is 2.12. The van der Waals surface area contributed by atoms with Gasteiger partial charge in [-0.3, -0.25) is 0 Å². The monoisotopic (exact) mass is 376 g/mol. The van der Waals surface area contributed by atoms with Crippen molar-refractivity contribution in [1.82, 2.24) is 5.32 Å². The van der Waals surface area contributed by atoms with Crippen molar-refractivity contribution in [2.24, 2.45) is 11.7 Å². The first kappa shape index (κ1) is 16.2. The minimum absolute atomic E-state index is 0.231. The van der Waals surface area contributed by atoms with Gasteiger partial charge in [0.2, 0.25) is 0 Å². The molecule has 0 aliphatic rings. The van der Waals surface area contributed by atoms with Gasteiger partial charge >= 0.3 is 0 Å². The van der Waals surface area contributed by atoms with Gasteiger partial charge in [0.1, 0.15) is 0 Å². The lowest BCUT2D eigenvalue weighted by Gasteiger charge is -2.21. The summed E-state index contributed by atoms with van der Waals surface area (Å²) in [6.07, 6.45) is 2.43. The van der Waals surface area contributed by atoms with Gasteiger partial charge in [-0.25, -0.2) is 0 Å². The van der Waals surface area contributed by atoms with Crippen LogP contribution >= 0.6 is 31.9 Å². The molecule has 0 aromatic heterocycles. The molecule has 0 saturated carbocycles. The van der Waals surface area contributed by atoms with Gasteiger partial charge in [-0.2, -0.15) is 0 Å². The summed E-state index contributed by atoms with van der Waals surface area (Å²) < 4.78 is 2.14. The van der Waals surface area contributed by atoms with E-state index in [4.69, 9.17) is 5.73 Å². The number of benzene rings is 1. The lowest BCUT2D eigenvalue weighted by atomic mass is 10.0. The molecule has 0 aliphatic carbocycles. The van der Waals surface area contributed by atoms with Crippen LogP contribution in [0.3, 0.4) is 0 Å². The van der Waals surface area contributed by atoms with Gasteiger partial charge in [-0.1, -0.05) is 32.8 Å². The largest absolute Gasteiger partial charge is 0.329 e. The van der Waals surface area contributed by atoms with Crippen LogP contribution in [-0.2, 0) is 0 Å². The summed E-state index contributed by atoms with van der Waals surface area (Å²) >= 11 is 7.02. The Morgan fingerprint density at radius 2 is 1.83 bits per heavy atom. The second-order valence-electron chi connectivity index (χ2n) is 4.55. The highest BCUT2D eigenvalue weighted by Crippen LogP contribution is 2.26. The third-order valence-corrected chi connectivity index (χ3v) is 5.27. The quantitative estimate of drug-likeness (QED) is 0.745. The zero-order valence-electron chi connectivity index (χ0n) is 11.0. The first-order valence-corrected chi connectivity index (χ1v) is 8.09. The van der Waals surface area contributed by atoms with Gasteiger partial charge in [-0.15, -0.1) is 0 Å². The van der Waals surface area contributed by atoms with Gasteiger partial charge in [0, 0.05) is 21.5 Å². The Labute approximate surface area is 127 Å². The van der Waals surface area contributed by atoms with E-state index < -0.39 is 0 Å². The summed E-state index contributed by atoms with van der Waals surface area (Å²) in [5, 5.41) is 3.57. The van der Waals surface area contributed by atoms with Crippen LogP contribution in [0.1, 0.15) is 38.3 Å². The first-order chi connectivity index (χ1) is 8.62. The number of halogens is 2. The number of hydrogen-bond donors (Lipinski definition) is 2. The molecule has 4 heteroatoms. The zero-order chi connectivity index (χ0) is 13.5. The third kappa shape index (κ3) is 4.65. The average Bonchev–Trinajstić information content (AvgIpc) is 2.38. The molecular formula is C14H22Br2N2. The smallest absolute Gasteiger partial charge is 0.0445 e. The molecule has 18 heavy (non-hydrogen) atoms. The van der Waals surface area contributed by atoms with E-state index >= 15 is 0 Å².